The second-order valence-corrected chi connectivity index (χ2v) is 5.35. The molecule has 1 aliphatic heterocycles. The van der Waals surface area contributed by atoms with Crippen LogP contribution in [0, 0.1) is 0 Å². The number of carbonyl (C=O) groups is 1. The average Bonchev–Trinajstić information content (AvgIpc) is 2.91. The zero-order chi connectivity index (χ0) is 15.5. The molecule has 1 aromatic carbocycles. The van der Waals surface area contributed by atoms with Crippen molar-refractivity contribution in [1.29, 1.82) is 0 Å². The second-order valence-electron chi connectivity index (χ2n) is 5.35. The minimum atomic E-state index is -2.98. The molecule has 0 fully saturated rings. The molecular formula is C15H16F2N4O. The lowest BCUT2D eigenvalue weighted by Crippen LogP contribution is -2.43. The van der Waals surface area contributed by atoms with Crippen LogP contribution < -0.4 is 5.32 Å². The Morgan fingerprint density at radius 2 is 2.09 bits per heavy atom. The summed E-state index contributed by atoms with van der Waals surface area (Å²) in [4.78, 5) is 11.1. The van der Waals surface area contributed by atoms with Crippen molar-refractivity contribution in [1.82, 2.24) is 20.1 Å². The molecule has 0 aliphatic carbocycles. The van der Waals surface area contributed by atoms with E-state index in [1.807, 2.05) is 34.9 Å². The van der Waals surface area contributed by atoms with Crippen molar-refractivity contribution in [2.24, 2.45) is 0 Å². The lowest BCUT2D eigenvalue weighted by Gasteiger charge is -2.25. The van der Waals surface area contributed by atoms with Crippen LogP contribution in [0.5, 0.6) is 0 Å². The van der Waals surface area contributed by atoms with Crippen molar-refractivity contribution in [3.05, 3.63) is 47.5 Å². The molecule has 0 bridgehead atoms. The van der Waals surface area contributed by atoms with Crippen LogP contribution >= 0.6 is 0 Å². The van der Waals surface area contributed by atoms with Crippen molar-refractivity contribution in [2.45, 2.75) is 38.3 Å². The molecule has 1 N–H and O–H groups in total. The zero-order valence-corrected chi connectivity index (χ0v) is 11.9. The highest BCUT2D eigenvalue weighted by atomic mass is 19.3. The van der Waals surface area contributed by atoms with Gasteiger partial charge in [-0.1, -0.05) is 30.3 Å². The number of nitrogens with zero attached hydrogens (tertiary/aromatic N) is 3. The summed E-state index contributed by atoms with van der Waals surface area (Å²) in [5.41, 5.74) is 1.11. The number of nitrogens with one attached hydrogen (secondary N) is 1. The van der Waals surface area contributed by atoms with Gasteiger partial charge in [0.25, 0.3) is 5.91 Å². The minimum absolute atomic E-state index is 0.306. The van der Waals surface area contributed by atoms with Gasteiger partial charge in [0.2, 0.25) is 0 Å². The monoisotopic (exact) mass is 306 g/mol. The van der Waals surface area contributed by atoms with E-state index < -0.39 is 12.3 Å². The van der Waals surface area contributed by atoms with Gasteiger partial charge >= 0.3 is 6.43 Å². The minimum Gasteiger partial charge on any atom is -0.347 e. The maximum absolute atomic E-state index is 12.3. The van der Waals surface area contributed by atoms with E-state index in [0.29, 0.717) is 25.8 Å². The van der Waals surface area contributed by atoms with E-state index in [2.05, 4.69) is 15.5 Å². The van der Waals surface area contributed by atoms with Crippen molar-refractivity contribution in [2.75, 3.05) is 0 Å². The van der Waals surface area contributed by atoms with Gasteiger partial charge in [-0.2, -0.15) is 8.78 Å². The third-order valence-electron chi connectivity index (χ3n) is 3.77. The summed E-state index contributed by atoms with van der Waals surface area (Å²) in [5.74, 6) is 0.414. The Hall–Kier alpha value is -2.31. The maximum Gasteiger partial charge on any atom is 0.315 e. The van der Waals surface area contributed by atoms with Crippen molar-refractivity contribution in [3.8, 4) is 0 Å². The van der Waals surface area contributed by atoms with Crippen molar-refractivity contribution >= 4 is 5.91 Å². The lowest BCUT2D eigenvalue weighted by molar-refractivity contribution is -0.132. The molecule has 2 aromatic rings. The van der Waals surface area contributed by atoms with Gasteiger partial charge in [0.05, 0.1) is 0 Å². The molecule has 5 nitrogen and oxygen atoms in total. The van der Waals surface area contributed by atoms with Gasteiger partial charge < -0.3 is 9.88 Å². The molecule has 1 aromatic heterocycles. The van der Waals surface area contributed by atoms with Crippen LogP contribution in [0.4, 0.5) is 8.78 Å². The molecular weight excluding hydrogens is 290 g/mol. The Labute approximate surface area is 126 Å². The highest BCUT2D eigenvalue weighted by Gasteiger charge is 2.26. The van der Waals surface area contributed by atoms with Crippen LogP contribution in [0.25, 0.3) is 0 Å². The molecule has 7 heteroatoms. The fourth-order valence-electron chi connectivity index (χ4n) is 2.67. The highest BCUT2D eigenvalue weighted by Crippen LogP contribution is 2.17. The average molecular weight is 306 g/mol. The van der Waals surface area contributed by atoms with E-state index >= 15 is 0 Å². The molecule has 0 saturated carbocycles. The number of alkyl halides is 2. The second kappa shape index (κ2) is 6.21. The van der Waals surface area contributed by atoms with Crippen LogP contribution in [0.2, 0.25) is 0 Å². The topological polar surface area (TPSA) is 59.8 Å². The number of fused-ring (bicyclic) bond motifs is 1. The smallest absolute Gasteiger partial charge is 0.315 e. The quantitative estimate of drug-likeness (QED) is 0.932. The fourth-order valence-corrected chi connectivity index (χ4v) is 2.67. The Morgan fingerprint density at radius 1 is 1.32 bits per heavy atom. The zero-order valence-electron chi connectivity index (χ0n) is 11.9. The normalized spacial score (nSPS) is 17.3. The first kappa shape index (κ1) is 14.6. The van der Waals surface area contributed by atoms with E-state index in [-0.39, 0.29) is 6.04 Å². The summed E-state index contributed by atoms with van der Waals surface area (Å²) in [6, 6.07) is 9.54. The predicted molar refractivity (Wildman–Crippen MR) is 75.5 cm³/mol. The largest absolute Gasteiger partial charge is 0.347 e. The molecule has 3 rings (SSSR count). The van der Waals surface area contributed by atoms with Gasteiger partial charge in [0.1, 0.15) is 11.6 Å². The van der Waals surface area contributed by atoms with Gasteiger partial charge in [-0.25, -0.2) is 0 Å². The van der Waals surface area contributed by atoms with Crippen LogP contribution in [-0.2, 0) is 24.2 Å². The molecule has 1 amide bonds. The first-order valence-corrected chi connectivity index (χ1v) is 7.17. The van der Waals surface area contributed by atoms with Crippen LogP contribution in [-0.4, -0.2) is 33.1 Å². The number of aryl methyl sites for hydroxylation is 1. The van der Waals surface area contributed by atoms with E-state index in [1.54, 1.807) is 0 Å². The predicted octanol–water partition coefficient (Wildman–Crippen LogP) is 1.56. The van der Waals surface area contributed by atoms with Gasteiger partial charge in [-0.15, -0.1) is 10.2 Å². The van der Waals surface area contributed by atoms with Crippen molar-refractivity contribution < 1.29 is 13.6 Å². The SMILES string of the molecule is O=C(NC1CCc2nnc(Cc3ccccc3)n2C1)C(F)F. The highest BCUT2D eigenvalue weighted by molar-refractivity contribution is 5.79. The van der Waals surface area contributed by atoms with E-state index in [9.17, 15) is 13.6 Å². The van der Waals surface area contributed by atoms with Crippen LogP contribution in [0.15, 0.2) is 30.3 Å². The molecule has 2 heterocycles. The third-order valence-corrected chi connectivity index (χ3v) is 3.77. The number of benzene rings is 1. The van der Waals surface area contributed by atoms with E-state index in [4.69, 9.17) is 0 Å². The molecule has 1 unspecified atom stereocenters. The Bertz CT molecular complexity index is 657. The van der Waals surface area contributed by atoms with Gasteiger partial charge in [-0.3, -0.25) is 4.79 Å². The number of aromatic nitrogens is 3. The molecule has 116 valence electrons. The molecule has 1 atom stereocenters. The Kier molecular flexibility index (Phi) is 4.13. The van der Waals surface area contributed by atoms with Crippen LogP contribution in [0.3, 0.4) is 0 Å². The number of amides is 1. The van der Waals surface area contributed by atoms with Crippen LogP contribution in [0.1, 0.15) is 23.6 Å². The summed E-state index contributed by atoms with van der Waals surface area (Å²) in [6.45, 7) is 0.433. The van der Waals surface area contributed by atoms with Crippen molar-refractivity contribution in [3.63, 3.8) is 0 Å². The molecule has 0 spiro atoms. The summed E-state index contributed by atoms with van der Waals surface area (Å²) >= 11 is 0. The fraction of sp³-hybridized carbons (Fsp3) is 0.400. The Balaban J connectivity index is 1.73. The lowest BCUT2D eigenvalue weighted by atomic mass is 10.1. The van der Waals surface area contributed by atoms with E-state index in [0.717, 1.165) is 17.2 Å². The Morgan fingerprint density at radius 3 is 2.82 bits per heavy atom. The standard InChI is InChI=1S/C15H16F2N4O/c16-14(17)15(22)18-11-6-7-12-19-20-13(21(12)9-11)8-10-4-2-1-3-5-10/h1-5,11,14H,6-9H2,(H,18,22). The third kappa shape index (κ3) is 3.13. The van der Waals surface area contributed by atoms with Gasteiger partial charge in [0, 0.05) is 25.4 Å². The summed E-state index contributed by atoms with van der Waals surface area (Å²) < 4.78 is 26.6. The van der Waals surface area contributed by atoms with Gasteiger partial charge in [-0.05, 0) is 12.0 Å². The molecule has 0 saturated heterocycles. The first-order chi connectivity index (χ1) is 10.6. The maximum atomic E-state index is 12.3. The first-order valence-electron chi connectivity index (χ1n) is 7.17. The molecule has 0 radical (unpaired) electrons. The number of halogens is 2. The summed E-state index contributed by atoms with van der Waals surface area (Å²) in [5, 5.41) is 10.7. The van der Waals surface area contributed by atoms with Gasteiger partial charge in [0.15, 0.2) is 0 Å². The summed E-state index contributed by atoms with van der Waals surface area (Å²) in [6.07, 6.45) is -1.13. The number of rotatable bonds is 4. The number of hydrogen-bond acceptors (Lipinski definition) is 3. The molecule has 1 aliphatic rings. The number of hydrogen-bond donors (Lipinski definition) is 1. The van der Waals surface area contributed by atoms with E-state index in [1.165, 1.54) is 0 Å². The molecule has 22 heavy (non-hydrogen) atoms. The number of carbonyl (C=O) groups excluding carboxylic acids is 1. The summed E-state index contributed by atoms with van der Waals surface area (Å²) in [7, 11) is 0.